The molecule has 0 N–H and O–H groups in total. The van der Waals surface area contributed by atoms with Crippen LogP contribution < -0.4 is 9.80 Å². The number of furan rings is 2. The van der Waals surface area contributed by atoms with Crippen LogP contribution in [0.25, 0.3) is 182 Å². The minimum Gasteiger partial charge on any atom is -0.455 e. The maximum absolute atomic E-state index is 7.42. The molecule has 0 bridgehead atoms. The predicted octanol–water partition coefficient (Wildman–Crippen LogP) is 30.7. The van der Waals surface area contributed by atoms with Crippen molar-refractivity contribution >= 4 is 138 Å². The lowest BCUT2D eigenvalue weighted by molar-refractivity contribution is 0.670. The number of anilines is 6. The lowest BCUT2D eigenvalue weighted by atomic mass is 9.95. The van der Waals surface area contributed by atoms with Crippen LogP contribution in [0.15, 0.2) is 415 Å². The molecule has 0 fully saturated rings. The molecule has 0 unspecified atom stereocenters. The van der Waals surface area contributed by atoms with Gasteiger partial charge in [-0.3, -0.25) is 0 Å². The van der Waals surface area contributed by atoms with E-state index in [9.17, 15) is 0 Å². The summed E-state index contributed by atoms with van der Waals surface area (Å²) in [6.07, 6.45) is 6.67. The number of allylic oxidation sites excluding steroid dienone is 1. The monoisotopic (exact) mass is 1480 g/mol. The summed E-state index contributed by atoms with van der Waals surface area (Å²) < 4.78 is 19.1. The molecule has 0 aliphatic heterocycles. The van der Waals surface area contributed by atoms with Crippen molar-refractivity contribution in [3.63, 3.8) is 0 Å². The molecule has 116 heavy (non-hydrogen) atoms. The van der Waals surface area contributed by atoms with E-state index in [1.54, 1.807) is 0 Å². The Bertz CT molecular complexity index is 7670. The number of rotatable bonds is 14. The molecule has 0 saturated heterocycles. The molecule has 22 aromatic rings. The SMILES string of the molecule is C1=Cc2c(c3ccccc3n2-c2ccccc2N(c2ccc(-c3ccc(-c4ccc5ccc(-c6cccc7c6oc6c(-c8ccccc8N(c8ccc(-c9ccc%10ccccc%10c9)cc8)c8ccccc8-n8c9ccccc9c9ccccc98)cccc67)cc5c4)cc3)cc2)c2ccccc2-c2cccc3c2oc2ccccc23)CC1. The summed E-state index contributed by atoms with van der Waals surface area (Å²) in [4.78, 5) is 4.89. The Morgan fingerprint density at radius 2 is 0.621 bits per heavy atom. The number of aromatic nitrogens is 2. The topological polar surface area (TPSA) is 42.6 Å². The molecule has 0 amide bonds. The third-order valence-corrected chi connectivity index (χ3v) is 24.0. The van der Waals surface area contributed by atoms with Gasteiger partial charge < -0.3 is 27.8 Å². The summed E-state index contributed by atoms with van der Waals surface area (Å²) in [7, 11) is 0. The number of hydrogen-bond acceptors (Lipinski definition) is 4. The van der Waals surface area contributed by atoms with Crippen LogP contribution in [0.1, 0.15) is 17.7 Å². The van der Waals surface area contributed by atoms with E-state index in [2.05, 4.69) is 425 Å². The van der Waals surface area contributed by atoms with Gasteiger partial charge in [0.2, 0.25) is 0 Å². The Labute approximate surface area is 670 Å². The Morgan fingerprint density at radius 3 is 1.22 bits per heavy atom. The maximum atomic E-state index is 7.42. The molecule has 4 heterocycles. The van der Waals surface area contributed by atoms with Gasteiger partial charge in [-0.1, -0.05) is 303 Å². The Kier molecular flexibility index (Phi) is 15.7. The normalized spacial score (nSPS) is 12.2. The summed E-state index contributed by atoms with van der Waals surface area (Å²) in [5.74, 6) is 0. The van der Waals surface area contributed by atoms with E-state index in [0.29, 0.717) is 0 Å². The van der Waals surface area contributed by atoms with Crippen LogP contribution in [0.2, 0.25) is 0 Å². The fraction of sp³-hybridized carbons (Fsp3) is 0.0182. The van der Waals surface area contributed by atoms with Crippen LogP contribution in [-0.4, -0.2) is 9.13 Å². The van der Waals surface area contributed by atoms with E-state index >= 15 is 0 Å². The highest BCUT2D eigenvalue weighted by Gasteiger charge is 2.29. The predicted molar refractivity (Wildman–Crippen MR) is 487 cm³/mol. The number of nitrogens with zero attached hydrogens (tertiary/aromatic N) is 4. The third-order valence-electron chi connectivity index (χ3n) is 24.0. The first-order valence-electron chi connectivity index (χ1n) is 40.0. The van der Waals surface area contributed by atoms with Crippen LogP contribution in [0.5, 0.6) is 0 Å². The lowest BCUT2D eigenvalue weighted by Gasteiger charge is -2.30. The Hall–Kier alpha value is -15.2. The molecular weight excluding hydrogens is 1410 g/mol. The molecule has 544 valence electrons. The molecular formula is C110H72N4O2. The lowest BCUT2D eigenvalue weighted by Crippen LogP contribution is -2.14. The fourth-order valence-corrected chi connectivity index (χ4v) is 18.6. The van der Waals surface area contributed by atoms with Crippen molar-refractivity contribution in [2.75, 3.05) is 9.80 Å². The average molecular weight is 1480 g/mol. The van der Waals surface area contributed by atoms with Crippen LogP contribution in [-0.2, 0) is 6.42 Å². The molecule has 0 atom stereocenters. The number of hydrogen-bond donors (Lipinski definition) is 0. The van der Waals surface area contributed by atoms with Crippen LogP contribution in [0.4, 0.5) is 34.1 Å². The van der Waals surface area contributed by atoms with Crippen LogP contribution in [0, 0.1) is 0 Å². The second-order valence-electron chi connectivity index (χ2n) is 30.5. The minimum absolute atomic E-state index is 0.836. The van der Waals surface area contributed by atoms with Crippen molar-refractivity contribution in [1.82, 2.24) is 9.13 Å². The molecule has 0 saturated carbocycles. The number of fused-ring (bicyclic) bond motifs is 14. The van der Waals surface area contributed by atoms with E-state index in [-0.39, 0.29) is 0 Å². The standard InChI is InChI=1S/C110H72N4O2/c1-2-25-77-68-78(57-54-71(77)24-1)75-62-66-83(67-63-75)112(104-46-17-19-48-106(104)114-101-43-14-5-28-87(101)88-29-6-15-44-102(88)114)98-40-11-8-31-90(98)93-35-23-38-96-95-37-21-33-84(108(95)116-110(93)96)80-59-56-76-55-58-79(69-81(76)70-80)74-52-50-72(51-53-74)73-60-64-82(65-61-73)111(97-39-10-7-30-89(97)92-34-22-36-94-91-32-9-20-49-107(91)115-109(92)94)103-45-16-18-47-105(103)113-99-41-12-3-26-85(99)86-27-4-13-42-100(86)113/h1-3,5-26,28-70H,4,27H2. The summed E-state index contributed by atoms with van der Waals surface area (Å²) in [5, 5.41) is 12.8. The molecule has 1 aliphatic carbocycles. The van der Waals surface area contributed by atoms with Gasteiger partial charge in [-0.25, -0.2) is 0 Å². The van der Waals surface area contributed by atoms with Gasteiger partial charge in [-0.2, -0.15) is 0 Å². The smallest absolute Gasteiger partial charge is 0.143 e. The van der Waals surface area contributed by atoms with Gasteiger partial charge in [0.25, 0.3) is 0 Å². The van der Waals surface area contributed by atoms with Gasteiger partial charge in [0.05, 0.1) is 50.7 Å². The maximum Gasteiger partial charge on any atom is 0.143 e. The number of benzene rings is 18. The summed E-state index contributed by atoms with van der Waals surface area (Å²) in [6, 6.07) is 146. The highest BCUT2D eigenvalue weighted by Crippen LogP contribution is 2.51. The van der Waals surface area contributed by atoms with Gasteiger partial charge in [-0.15, -0.1) is 0 Å². The highest BCUT2D eigenvalue weighted by molar-refractivity contribution is 6.16. The van der Waals surface area contributed by atoms with Gasteiger partial charge in [0.15, 0.2) is 0 Å². The van der Waals surface area contributed by atoms with Gasteiger partial charge in [0, 0.05) is 82.6 Å². The summed E-state index contributed by atoms with van der Waals surface area (Å²) in [5.41, 5.74) is 31.1. The largest absolute Gasteiger partial charge is 0.455 e. The second-order valence-corrected chi connectivity index (χ2v) is 30.5. The van der Waals surface area contributed by atoms with E-state index in [1.165, 1.54) is 54.7 Å². The van der Waals surface area contributed by atoms with Crippen LogP contribution in [0.3, 0.4) is 0 Å². The van der Waals surface area contributed by atoms with Crippen molar-refractivity contribution in [2.45, 2.75) is 12.8 Å². The molecule has 23 rings (SSSR count). The molecule has 4 aromatic heterocycles. The highest BCUT2D eigenvalue weighted by atomic mass is 16.3. The Balaban J connectivity index is 0.589. The first-order valence-corrected chi connectivity index (χ1v) is 40.0. The van der Waals surface area contributed by atoms with Crippen molar-refractivity contribution in [1.29, 1.82) is 0 Å². The first-order chi connectivity index (χ1) is 57.5. The average Bonchev–Trinajstić information content (AvgIpc) is 1.55. The Morgan fingerprint density at radius 1 is 0.241 bits per heavy atom. The quantitative estimate of drug-likeness (QED) is 0.109. The summed E-state index contributed by atoms with van der Waals surface area (Å²) in [6.45, 7) is 0. The van der Waals surface area contributed by atoms with E-state index in [1.807, 2.05) is 6.07 Å². The fourth-order valence-electron chi connectivity index (χ4n) is 18.6. The van der Waals surface area contributed by atoms with Crippen molar-refractivity contribution in [3.8, 4) is 78.1 Å². The molecule has 18 aromatic carbocycles. The van der Waals surface area contributed by atoms with Crippen LogP contribution >= 0.6 is 0 Å². The molecule has 6 heteroatoms. The minimum atomic E-state index is 0.836. The van der Waals surface area contributed by atoms with E-state index in [0.717, 1.165) is 180 Å². The van der Waals surface area contributed by atoms with Crippen molar-refractivity contribution in [3.05, 3.63) is 418 Å². The molecule has 1 aliphatic rings. The number of aryl methyl sites for hydroxylation is 1. The zero-order chi connectivity index (χ0) is 76.3. The zero-order valence-corrected chi connectivity index (χ0v) is 63.3. The third kappa shape index (κ3) is 10.9. The van der Waals surface area contributed by atoms with Gasteiger partial charge >= 0.3 is 0 Å². The number of para-hydroxylation sites is 13. The second kappa shape index (κ2) is 27.3. The molecule has 0 radical (unpaired) electrons. The van der Waals surface area contributed by atoms with Gasteiger partial charge in [0.1, 0.15) is 22.3 Å². The summed E-state index contributed by atoms with van der Waals surface area (Å²) >= 11 is 0. The molecule has 6 nitrogen and oxygen atoms in total. The van der Waals surface area contributed by atoms with Crippen molar-refractivity contribution in [2.24, 2.45) is 0 Å². The van der Waals surface area contributed by atoms with Crippen molar-refractivity contribution < 1.29 is 8.83 Å². The van der Waals surface area contributed by atoms with Gasteiger partial charge in [-0.05, 0) is 188 Å². The van der Waals surface area contributed by atoms with E-state index < -0.39 is 0 Å². The zero-order valence-electron chi connectivity index (χ0n) is 63.3. The van der Waals surface area contributed by atoms with E-state index in [4.69, 9.17) is 8.83 Å². The molecule has 0 spiro atoms. The first kappa shape index (κ1) is 66.5.